The molecule has 28 heavy (non-hydrogen) atoms. The van der Waals surface area contributed by atoms with Gasteiger partial charge in [-0.05, 0) is 47.7 Å². The molecule has 0 radical (unpaired) electrons. The van der Waals surface area contributed by atoms with E-state index in [-0.39, 0.29) is 18.4 Å². The number of hydrogen-bond acceptors (Lipinski definition) is 2. The van der Waals surface area contributed by atoms with Crippen molar-refractivity contribution in [3.05, 3.63) is 75.5 Å². The molecule has 0 N–H and O–H groups in total. The number of aryl methyl sites for hydroxylation is 1. The van der Waals surface area contributed by atoms with Crippen molar-refractivity contribution < 1.29 is 4.79 Å². The summed E-state index contributed by atoms with van der Waals surface area (Å²) in [5.74, 6) is 0.0416. The first kappa shape index (κ1) is 19.0. The van der Waals surface area contributed by atoms with Crippen LogP contribution >= 0.6 is 23.2 Å². The third kappa shape index (κ3) is 3.43. The standard InChI is InChI=1S/C22H21Cl2N3O/c1-14-16-5-3-6-17(15-12-25-26(2)13-15)18(16)9-10-27(14)22(28)11-19-20(23)7-4-8-21(19)24/h3-8,12-14H,9-11H2,1-2H3. The molecule has 0 bridgehead atoms. The van der Waals surface area contributed by atoms with Gasteiger partial charge < -0.3 is 4.90 Å². The van der Waals surface area contributed by atoms with Crippen molar-refractivity contribution in [3.8, 4) is 11.1 Å². The van der Waals surface area contributed by atoms with Crippen LogP contribution in [0.5, 0.6) is 0 Å². The molecule has 2 aromatic carbocycles. The molecular weight excluding hydrogens is 393 g/mol. The quantitative estimate of drug-likeness (QED) is 0.599. The molecule has 3 aromatic rings. The highest BCUT2D eigenvalue weighted by Gasteiger charge is 2.29. The fraction of sp³-hybridized carbons (Fsp3) is 0.273. The Morgan fingerprint density at radius 1 is 1.18 bits per heavy atom. The third-order valence-electron chi connectivity index (χ3n) is 5.46. The van der Waals surface area contributed by atoms with Gasteiger partial charge in [-0.15, -0.1) is 0 Å². The van der Waals surface area contributed by atoms with Crippen LogP contribution in [0.25, 0.3) is 11.1 Å². The van der Waals surface area contributed by atoms with Gasteiger partial charge in [0, 0.05) is 35.4 Å². The van der Waals surface area contributed by atoms with Crippen LogP contribution in [-0.4, -0.2) is 27.1 Å². The van der Waals surface area contributed by atoms with Crippen molar-refractivity contribution in [2.24, 2.45) is 7.05 Å². The number of aromatic nitrogens is 2. The summed E-state index contributed by atoms with van der Waals surface area (Å²) in [5.41, 5.74) is 5.47. The zero-order valence-electron chi connectivity index (χ0n) is 15.8. The maximum atomic E-state index is 13.0. The van der Waals surface area contributed by atoms with Crippen molar-refractivity contribution >= 4 is 29.1 Å². The molecule has 1 aliphatic heterocycles. The van der Waals surface area contributed by atoms with Crippen molar-refractivity contribution in [2.45, 2.75) is 25.8 Å². The normalized spacial score (nSPS) is 16.1. The van der Waals surface area contributed by atoms with Gasteiger partial charge in [-0.1, -0.05) is 47.5 Å². The van der Waals surface area contributed by atoms with Crippen LogP contribution in [0.2, 0.25) is 10.0 Å². The second-order valence-corrected chi connectivity index (χ2v) is 7.98. The summed E-state index contributed by atoms with van der Waals surface area (Å²) in [7, 11) is 1.92. The molecule has 1 aromatic heterocycles. The van der Waals surface area contributed by atoms with E-state index in [9.17, 15) is 4.79 Å². The lowest BCUT2D eigenvalue weighted by Crippen LogP contribution is -2.40. The predicted octanol–water partition coefficient (Wildman–Crippen LogP) is 5.08. The average Bonchev–Trinajstić information content (AvgIpc) is 3.11. The lowest BCUT2D eigenvalue weighted by molar-refractivity contribution is -0.133. The van der Waals surface area contributed by atoms with Crippen LogP contribution < -0.4 is 0 Å². The van der Waals surface area contributed by atoms with Gasteiger partial charge in [0.15, 0.2) is 0 Å². The third-order valence-corrected chi connectivity index (χ3v) is 6.17. The van der Waals surface area contributed by atoms with E-state index in [0.717, 1.165) is 12.0 Å². The number of rotatable bonds is 3. The first-order valence-corrected chi connectivity index (χ1v) is 10.0. The van der Waals surface area contributed by atoms with Crippen LogP contribution in [0.3, 0.4) is 0 Å². The second kappa shape index (κ2) is 7.61. The van der Waals surface area contributed by atoms with E-state index in [1.54, 1.807) is 18.2 Å². The van der Waals surface area contributed by atoms with E-state index in [1.807, 2.05) is 29.0 Å². The van der Waals surface area contributed by atoms with Crippen molar-refractivity contribution in [2.75, 3.05) is 6.54 Å². The van der Waals surface area contributed by atoms with Crippen molar-refractivity contribution in [3.63, 3.8) is 0 Å². The van der Waals surface area contributed by atoms with E-state index in [4.69, 9.17) is 23.2 Å². The minimum absolute atomic E-state index is 0.00543. The zero-order valence-corrected chi connectivity index (χ0v) is 17.3. The van der Waals surface area contributed by atoms with Gasteiger partial charge in [-0.2, -0.15) is 5.10 Å². The Morgan fingerprint density at radius 3 is 2.57 bits per heavy atom. The van der Waals surface area contributed by atoms with Crippen LogP contribution in [-0.2, 0) is 24.7 Å². The van der Waals surface area contributed by atoms with Gasteiger partial charge in [0.2, 0.25) is 5.91 Å². The molecular formula is C22H21Cl2N3O. The minimum Gasteiger partial charge on any atom is -0.335 e. The van der Waals surface area contributed by atoms with Gasteiger partial charge in [-0.3, -0.25) is 9.48 Å². The molecule has 0 saturated carbocycles. The number of nitrogens with zero attached hydrogens (tertiary/aromatic N) is 3. The average molecular weight is 414 g/mol. The van der Waals surface area contributed by atoms with Crippen molar-refractivity contribution in [1.29, 1.82) is 0 Å². The van der Waals surface area contributed by atoms with Gasteiger partial charge >= 0.3 is 0 Å². The van der Waals surface area contributed by atoms with Gasteiger partial charge in [0.05, 0.1) is 18.7 Å². The van der Waals surface area contributed by atoms with Gasteiger partial charge in [-0.25, -0.2) is 0 Å². The number of carbonyl (C=O) groups is 1. The molecule has 0 fully saturated rings. The molecule has 0 saturated heterocycles. The van der Waals surface area contributed by atoms with Crippen molar-refractivity contribution in [1.82, 2.24) is 14.7 Å². The number of hydrogen-bond donors (Lipinski definition) is 0. The highest BCUT2D eigenvalue weighted by Crippen LogP contribution is 2.36. The molecule has 1 amide bonds. The Hall–Kier alpha value is -2.30. The SMILES string of the molecule is CC1c2cccc(-c3cnn(C)c3)c2CCN1C(=O)Cc1c(Cl)cccc1Cl. The maximum Gasteiger partial charge on any atom is 0.227 e. The first-order valence-electron chi connectivity index (χ1n) is 9.29. The lowest BCUT2D eigenvalue weighted by Gasteiger charge is -2.36. The smallest absolute Gasteiger partial charge is 0.227 e. The van der Waals surface area contributed by atoms with Crippen LogP contribution in [0.15, 0.2) is 48.8 Å². The summed E-state index contributed by atoms with van der Waals surface area (Å²) in [6, 6.07) is 11.6. The molecule has 6 heteroatoms. The highest BCUT2D eigenvalue weighted by molar-refractivity contribution is 6.36. The van der Waals surface area contributed by atoms with E-state index in [1.165, 1.54) is 16.7 Å². The summed E-state index contributed by atoms with van der Waals surface area (Å²) in [4.78, 5) is 15.0. The Morgan fingerprint density at radius 2 is 1.89 bits per heavy atom. The number of halogens is 2. The Labute approximate surface area is 174 Å². The number of carbonyl (C=O) groups excluding carboxylic acids is 1. The number of benzene rings is 2. The Bertz CT molecular complexity index is 1020. The summed E-state index contributed by atoms with van der Waals surface area (Å²) in [5, 5.41) is 5.36. The number of fused-ring (bicyclic) bond motifs is 1. The molecule has 4 nitrogen and oxygen atoms in total. The van der Waals surface area contributed by atoms with E-state index >= 15 is 0 Å². The number of amides is 1. The molecule has 2 heterocycles. The van der Waals surface area contributed by atoms with Gasteiger partial charge in [0.1, 0.15) is 0 Å². The molecule has 144 valence electrons. The minimum atomic E-state index is -0.00543. The van der Waals surface area contributed by atoms with Crippen LogP contribution in [0.1, 0.15) is 29.7 Å². The summed E-state index contributed by atoms with van der Waals surface area (Å²) in [6.45, 7) is 2.75. The summed E-state index contributed by atoms with van der Waals surface area (Å²) >= 11 is 12.5. The summed E-state index contributed by atoms with van der Waals surface area (Å²) < 4.78 is 1.81. The van der Waals surface area contributed by atoms with E-state index < -0.39 is 0 Å². The maximum absolute atomic E-state index is 13.0. The fourth-order valence-corrected chi connectivity index (χ4v) is 4.53. The molecule has 1 unspecified atom stereocenters. The Balaban J connectivity index is 1.62. The largest absolute Gasteiger partial charge is 0.335 e. The molecule has 4 rings (SSSR count). The Kier molecular flexibility index (Phi) is 5.17. The van der Waals surface area contributed by atoms with Crippen LogP contribution in [0, 0.1) is 0 Å². The predicted molar refractivity (Wildman–Crippen MR) is 113 cm³/mol. The van der Waals surface area contributed by atoms with Gasteiger partial charge in [0.25, 0.3) is 0 Å². The zero-order chi connectivity index (χ0) is 19.8. The van der Waals surface area contributed by atoms with Crippen LogP contribution in [0.4, 0.5) is 0 Å². The molecule has 0 aliphatic carbocycles. The highest BCUT2D eigenvalue weighted by atomic mass is 35.5. The van der Waals surface area contributed by atoms with E-state index in [2.05, 4.69) is 30.2 Å². The second-order valence-electron chi connectivity index (χ2n) is 7.17. The molecule has 1 atom stereocenters. The molecule has 0 spiro atoms. The first-order chi connectivity index (χ1) is 13.5. The summed E-state index contributed by atoms with van der Waals surface area (Å²) in [6.07, 6.45) is 4.93. The fourth-order valence-electron chi connectivity index (χ4n) is 3.99. The lowest BCUT2D eigenvalue weighted by atomic mass is 9.87. The van der Waals surface area contributed by atoms with E-state index in [0.29, 0.717) is 22.2 Å². The molecule has 1 aliphatic rings. The topological polar surface area (TPSA) is 38.1 Å². The monoisotopic (exact) mass is 413 g/mol.